The molecule has 0 aliphatic carbocycles. The Labute approximate surface area is 156 Å². The first kappa shape index (κ1) is 17.1. The van der Waals surface area contributed by atoms with Crippen molar-refractivity contribution in [1.29, 1.82) is 0 Å². The number of fused-ring (bicyclic) bond motifs is 2. The third-order valence-electron chi connectivity index (χ3n) is 4.66. The molecule has 0 unspecified atom stereocenters. The van der Waals surface area contributed by atoms with Gasteiger partial charge in [-0.05, 0) is 31.9 Å². The Bertz CT molecular complexity index is 884. The van der Waals surface area contributed by atoms with Crippen LogP contribution in [0, 0.1) is 0 Å². The van der Waals surface area contributed by atoms with Crippen LogP contribution in [0.25, 0.3) is 11.0 Å². The van der Waals surface area contributed by atoms with E-state index in [1.54, 1.807) is 0 Å². The Kier molecular flexibility index (Phi) is 4.97. The Morgan fingerprint density at radius 2 is 2.19 bits per heavy atom. The zero-order chi connectivity index (χ0) is 17.9. The zero-order valence-corrected chi connectivity index (χ0v) is 15.6. The van der Waals surface area contributed by atoms with Crippen LogP contribution in [0.4, 0.5) is 0 Å². The number of nitrogens with one attached hydrogen (secondary N) is 1. The molecular weight excluding hydrogens is 348 g/mol. The summed E-state index contributed by atoms with van der Waals surface area (Å²) in [5.41, 5.74) is 0.837. The molecule has 4 rings (SSSR count). The van der Waals surface area contributed by atoms with Crippen molar-refractivity contribution < 1.29 is 9.21 Å². The van der Waals surface area contributed by atoms with Gasteiger partial charge in [0.15, 0.2) is 5.16 Å². The van der Waals surface area contributed by atoms with Gasteiger partial charge >= 0.3 is 0 Å². The lowest BCUT2D eigenvalue weighted by Crippen LogP contribution is -2.28. The van der Waals surface area contributed by atoms with Crippen LogP contribution in [0.1, 0.15) is 43.8 Å². The molecule has 1 atom stereocenters. The number of amides is 1. The SMILES string of the molecule is C[C@H](NC(=O)CSc1nnc2n1CCCCC2)c1cc2ccccc2o1. The molecule has 1 aliphatic heterocycles. The van der Waals surface area contributed by atoms with Crippen LogP contribution in [0.15, 0.2) is 39.9 Å². The maximum Gasteiger partial charge on any atom is 0.231 e. The average molecular weight is 370 g/mol. The number of nitrogens with zero attached hydrogens (tertiary/aromatic N) is 3. The predicted octanol–water partition coefficient (Wildman–Crippen LogP) is 3.72. The van der Waals surface area contributed by atoms with Gasteiger partial charge in [0, 0.05) is 18.4 Å². The molecule has 0 spiro atoms. The van der Waals surface area contributed by atoms with E-state index >= 15 is 0 Å². The molecule has 0 radical (unpaired) electrons. The lowest BCUT2D eigenvalue weighted by Gasteiger charge is -2.11. The smallest absolute Gasteiger partial charge is 0.231 e. The van der Waals surface area contributed by atoms with Crippen molar-refractivity contribution in [3.05, 3.63) is 41.9 Å². The molecule has 136 valence electrons. The second kappa shape index (κ2) is 7.53. The van der Waals surface area contributed by atoms with Crippen LogP contribution in [0.2, 0.25) is 0 Å². The fourth-order valence-electron chi connectivity index (χ4n) is 3.27. The van der Waals surface area contributed by atoms with Crippen molar-refractivity contribution in [3.8, 4) is 0 Å². The summed E-state index contributed by atoms with van der Waals surface area (Å²) in [5, 5.41) is 13.4. The van der Waals surface area contributed by atoms with Gasteiger partial charge in [-0.1, -0.05) is 36.4 Å². The number of rotatable bonds is 5. The van der Waals surface area contributed by atoms with Crippen molar-refractivity contribution in [2.45, 2.75) is 50.4 Å². The Morgan fingerprint density at radius 1 is 1.31 bits per heavy atom. The monoisotopic (exact) mass is 370 g/mol. The van der Waals surface area contributed by atoms with E-state index in [4.69, 9.17) is 4.42 Å². The summed E-state index contributed by atoms with van der Waals surface area (Å²) in [6.07, 6.45) is 4.51. The minimum Gasteiger partial charge on any atom is -0.459 e. The third kappa shape index (κ3) is 3.62. The summed E-state index contributed by atoms with van der Waals surface area (Å²) in [4.78, 5) is 12.3. The molecule has 1 aliphatic rings. The van der Waals surface area contributed by atoms with Crippen LogP contribution in [0.3, 0.4) is 0 Å². The molecule has 2 aromatic heterocycles. The molecule has 1 N–H and O–H groups in total. The summed E-state index contributed by atoms with van der Waals surface area (Å²) in [5.74, 6) is 2.10. The highest BCUT2D eigenvalue weighted by Crippen LogP contribution is 2.24. The van der Waals surface area contributed by atoms with Gasteiger partial charge in [0.2, 0.25) is 5.91 Å². The van der Waals surface area contributed by atoms with E-state index in [0.717, 1.165) is 53.5 Å². The first-order valence-corrected chi connectivity index (χ1v) is 10.0. The van der Waals surface area contributed by atoms with Crippen molar-refractivity contribution in [3.63, 3.8) is 0 Å². The largest absolute Gasteiger partial charge is 0.459 e. The second-order valence-corrected chi connectivity index (χ2v) is 7.57. The number of aromatic nitrogens is 3. The number of para-hydroxylation sites is 1. The molecule has 0 bridgehead atoms. The summed E-state index contributed by atoms with van der Waals surface area (Å²) in [6, 6.07) is 9.65. The van der Waals surface area contributed by atoms with Crippen LogP contribution in [0.5, 0.6) is 0 Å². The molecule has 1 aromatic carbocycles. The fraction of sp³-hybridized carbons (Fsp3) is 0.421. The minimum atomic E-state index is -0.175. The minimum absolute atomic E-state index is 0.0334. The van der Waals surface area contributed by atoms with Crippen LogP contribution < -0.4 is 5.32 Å². The number of carbonyl (C=O) groups excluding carboxylic acids is 1. The highest BCUT2D eigenvalue weighted by atomic mass is 32.2. The van der Waals surface area contributed by atoms with E-state index in [0.29, 0.717) is 5.75 Å². The van der Waals surface area contributed by atoms with E-state index in [9.17, 15) is 4.79 Å². The molecule has 0 fully saturated rings. The standard InChI is InChI=1S/C19H22N4O2S/c1-13(16-11-14-7-4-5-8-15(14)25-16)20-18(24)12-26-19-22-21-17-9-3-2-6-10-23(17)19/h4-5,7-8,11,13H,2-3,6,9-10,12H2,1H3,(H,20,24)/t13-/m0/s1. The quantitative estimate of drug-likeness (QED) is 0.693. The molecule has 3 heterocycles. The van der Waals surface area contributed by atoms with Gasteiger partial charge in [0.1, 0.15) is 17.2 Å². The number of hydrogen-bond acceptors (Lipinski definition) is 5. The Balaban J connectivity index is 1.36. The van der Waals surface area contributed by atoms with Crippen molar-refractivity contribution in [2.75, 3.05) is 5.75 Å². The summed E-state index contributed by atoms with van der Waals surface area (Å²) < 4.78 is 7.98. The van der Waals surface area contributed by atoms with E-state index in [-0.39, 0.29) is 11.9 Å². The second-order valence-electron chi connectivity index (χ2n) is 6.63. The van der Waals surface area contributed by atoms with Gasteiger partial charge in [0.25, 0.3) is 0 Å². The summed E-state index contributed by atoms with van der Waals surface area (Å²) in [7, 11) is 0. The number of hydrogen-bond donors (Lipinski definition) is 1. The van der Waals surface area contributed by atoms with E-state index in [2.05, 4.69) is 20.1 Å². The number of benzene rings is 1. The maximum absolute atomic E-state index is 12.3. The lowest BCUT2D eigenvalue weighted by molar-refractivity contribution is -0.119. The normalized spacial score (nSPS) is 15.4. The fourth-order valence-corrected chi connectivity index (χ4v) is 4.06. The van der Waals surface area contributed by atoms with Crippen LogP contribution in [-0.4, -0.2) is 26.4 Å². The van der Waals surface area contributed by atoms with Gasteiger partial charge < -0.3 is 14.3 Å². The number of carbonyl (C=O) groups is 1. The van der Waals surface area contributed by atoms with E-state index < -0.39 is 0 Å². The topological polar surface area (TPSA) is 73.0 Å². The van der Waals surface area contributed by atoms with Crippen LogP contribution >= 0.6 is 11.8 Å². The van der Waals surface area contributed by atoms with Crippen molar-refractivity contribution >= 4 is 28.6 Å². The Morgan fingerprint density at radius 3 is 3.08 bits per heavy atom. The molecular formula is C19H22N4O2S. The van der Waals surface area contributed by atoms with Gasteiger partial charge in [-0.15, -0.1) is 10.2 Å². The van der Waals surface area contributed by atoms with Crippen LogP contribution in [-0.2, 0) is 17.8 Å². The zero-order valence-electron chi connectivity index (χ0n) is 14.8. The summed E-state index contributed by atoms with van der Waals surface area (Å²) >= 11 is 1.45. The number of furan rings is 1. The first-order chi connectivity index (χ1) is 12.7. The molecule has 3 aromatic rings. The summed E-state index contributed by atoms with van der Waals surface area (Å²) in [6.45, 7) is 2.88. The third-order valence-corrected chi connectivity index (χ3v) is 5.62. The van der Waals surface area contributed by atoms with Gasteiger partial charge in [-0.2, -0.15) is 0 Å². The first-order valence-electron chi connectivity index (χ1n) is 9.03. The number of aryl methyl sites for hydroxylation is 1. The van der Waals surface area contributed by atoms with E-state index in [1.807, 2.05) is 37.3 Å². The highest BCUT2D eigenvalue weighted by molar-refractivity contribution is 7.99. The predicted molar refractivity (Wildman–Crippen MR) is 101 cm³/mol. The molecule has 1 amide bonds. The van der Waals surface area contributed by atoms with Gasteiger partial charge in [-0.25, -0.2) is 0 Å². The Hall–Kier alpha value is -2.28. The van der Waals surface area contributed by atoms with Gasteiger partial charge in [-0.3, -0.25) is 4.79 Å². The molecule has 0 saturated carbocycles. The lowest BCUT2D eigenvalue weighted by atomic mass is 10.2. The molecule has 0 saturated heterocycles. The van der Waals surface area contributed by atoms with Crippen molar-refractivity contribution in [2.24, 2.45) is 0 Å². The molecule has 6 nitrogen and oxygen atoms in total. The highest BCUT2D eigenvalue weighted by Gasteiger charge is 2.18. The van der Waals surface area contributed by atoms with Gasteiger partial charge in [0.05, 0.1) is 11.8 Å². The molecule has 26 heavy (non-hydrogen) atoms. The maximum atomic E-state index is 12.3. The number of thioether (sulfide) groups is 1. The van der Waals surface area contributed by atoms with E-state index in [1.165, 1.54) is 18.2 Å². The average Bonchev–Trinajstić information content (AvgIpc) is 3.17. The molecule has 7 heteroatoms. The van der Waals surface area contributed by atoms with Crippen molar-refractivity contribution in [1.82, 2.24) is 20.1 Å².